The highest BCUT2D eigenvalue weighted by molar-refractivity contribution is 14.0. The molecule has 3 unspecified atom stereocenters. The molecule has 6 heteroatoms. The summed E-state index contributed by atoms with van der Waals surface area (Å²) in [5.41, 5.74) is 0. The molecule has 116 valence electrons. The summed E-state index contributed by atoms with van der Waals surface area (Å²) in [6, 6.07) is 0.455. The van der Waals surface area contributed by atoms with E-state index in [9.17, 15) is 0 Å². The van der Waals surface area contributed by atoms with Crippen LogP contribution in [0.3, 0.4) is 0 Å². The topological polar surface area (TPSA) is 48.9 Å². The van der Waals surface area contributed by atoms with Crippen LogP contribution in [0.1, 0.15) is 32.1 Å². The molecule has 20 heavy (non-hydrogen) atoms. The first-order chi connectivity index (χ1) is 9.35. The molecule has 3 aliphatic rings. The van der Waals surface area contributed by atoms with E-state index in [0.717, 1.165) is 25.5 Å². The Morgan fingerprint density at radius 1 is 1.30 bits per heavy atom. The molecule has 5 nitrogen and oxygen atoms in total. The minimum atomic E-state index is 0. The van der Waals surface area contributed by atoms with Gasteiger partial charge in [0.1, 0.15) is 0 Å². The van der Waals surface area contributed by atoms with Crippen molar-refractivity contribution in [1.82, 2.24) is 15.5 Å². The van der Waals surface area contributed by atoms with Gasteiger partial charge in [0.25, 0.3) is 0 Å². The van der Waals surface area contributed by atoms with Crippen LogP contribution < -0.4 is 10.6 Å². The van der Waals surface area contributed by atoms with Crippen LogP contribution in [0.5, 0.6) is 0 Å². The third kappa shape index (κ3) is 3.98. The molecule has 3 atom stereocenters. The normalized spacial score (nSPS) is 33.2. The largest absolute Gasteiger partial charge is 0.373 e. The molecule has 2 N–H and O–H groups in total. The van der Waals surface area contributed by atoms with Crippen LogP contribution >= 0.6 is 24.0 Å². The number of halogens is 1. The second kappa shape index (κ2) is 7.79. The average Bonchev–Trinajstić information content (AvgIpc) is 3.14. The minimum absolute atomic E-state index is 0. The molecule has 0 aromatic heterocycles. The van der Waals surface area contributed by atoms with Gasteiger partial charge in [-0.25, -0.2) is 0 Å². The summed E-state index contributed by atoms with van der Waals surface area (Å²) >= 11 is 0. The molecule has 3 heterocycles. The van der Waals surface area contributed by atoms with Gasteiger partial charge < -0.3 is 20.3 Å². The molecule has 0 radical (unpaired) electrons. The fourth-order valence-electron chi connectivity index (χ4n) is 3.50. The Labute approximate surface area is 138 Å². The van der Waals surface area contributed by atoms with E-state index in [1.165, 1.54) is 38.8 Å². The van der Waals surface area contributed by atoms with Gasteiger partial charge in [0, 0.05) is 20.1 Å². The molecule has 3 saturated heterocycles. The summed E-state index contributed by atoms with van der Waals surface area (Å²) in [6.07, 6.45) is 7.19. The van der Waals surface area contributed by atoms with E-state index in [4.69, 9.17) is 4.74 Å². The number of ether oxygens (including phenoxy) is 1. The first-order valence-electron chi connectivity index (χ1n) is 7.70. The predicted molar refractivity (Wildman–Crippen MR) is 91.9 cm³/mol. The Morgan fingerprint density at radius 3 is 2.70 bits per heavy atom. The van der Waals surface area contributed by atoms with E-state index in [-0.39, 0.29) is 24.0 Å². The van der Waals surface area contributed by atoms with Crippen molar-refractivity contribution in [3.63, 3.8) is 0 Å². The van der Waals surface area contributed by atoms with Gasteiger partial charge in [0.05, 0.1) is 18.2 Å². The maximum atomic E-state index is 5.86. The van der Waals surface area contributed by atoms with E-state index in [1.807, 2.05) is 7.05 Å². The standard InChI is InChI=1S/C14H26N4O.HI/c1-15-14(16-6-9-18-7-2-3-8-18)17-12-10-11-4-5-13(12)19-11;/h11-13H,2-10H2,1H3,(H2,15,16,17);1H. The number of aliphatic imine (C=N–C) groups is 1. The number of likely N-dealkylation sites (tertiary alicyclic amines) is 1. The fraction of sp³-hybridized carbons (Fsp3) is 0.929. The number of nitrogens with one attached hydrogen (secondary N) is 2. The van der Waals surface area contributed by atoms with Crippen LogP contribution in [0.2, 0.25) is 0 Å². The smallest absolute Gasteiger partial charge is 0.191 e. The van der Waals surface area contributed by atoms with E-state index < -0.39 is 0 Å². The van der Waals surface area contributed by atoms with Gasteiger partial charge >= 0.3 is 0 Å². The molecule has 3 aliphatic heterocycles. The number of nitrogens with zero attached hydrogens (tertiary/aromatic N) is 2. The minimum Gasteiger partial charge on any atom is -0.373 e. The highest BCUT2D eigenvalue weighted by Crippen LogP contribution is 2.34. The zero-order valence-corrected chi connectivity index (χ0v) is 14.6. The Morgan fingerprint density at radius 2 is 2.10 bits per heavy atom. The fourth-order valence-corrected chi connectivity index (χ4v) is 3.50. The lowest BCUT2D eigenvalue weighted by atomic mass is 9.96. The highest BCUT2D eigenvalue weighted by Gasteiger charge is 2.41. The summed E-state index contributed by atoms with van der Waals surface area (Å²) in [7, 11) is 1.85. The van der Waals surface area contributed by atoms with Gasteiger partial charge in [-0.15, -0.1) is 24.0 Å². The van der Waals surface area contributed by atoms with Gasteiger partial charge in [0.2, 0.25) is 0 Å². The van der Waals surface area contributed by atoms with Crippen molar-refractivity contribution in [3.05, 3.63) is 0 Å². The van der Waals surface area contributed by atoms with Crippen molar-refractivity contribution in [3.8, 4) is 0 Å². The lowest BCUT2D eigenvalue weighted by molar-refractivity contribution is 0.0992. The Kier molecular flexibility index (Phi) is 6.35. The van der Waals surface area contributed by atoms with Crippen molar-refractivity contribution in [2.24, 2.45) is 4.99 Å². The monoisotopic (exact) mass is 394 g/mol. The van der Waals surface area contributed by atoms with Crippen molar-refractivity contribution in [2.75, 3.05) is 33.2 Å². The first-order valence-corrected chi connectivity index (χ1v) is 7.70. The maximum absolute atomic E-state index is 5.86. The van der Waals surface area contributed by atoms with E-state index in [0.29, 0.717) is 18.2 Å². The molecular formula is C14H27IN4O. The van der Waals surface area contributed by atoms with Crippen LogP contribution in [0.4, 0.5) is 0 Å². The lowest BCUT2D eigenvalue weighted by Gasteiger charge is -2.23. The molecular weight excluding hydrogens is 367 g/mol. The van der Waals surface area contributed by atoms with Crippen LogP contribution in [0.25, 0.3) is 0 Å². The third-order valence-corrected chi connectivity index (χ3v) is 4.57. The molecule has 3 rings (SSSR count). The first kappa shape index (κ1) is 16.3. The quantitative estimate of drug-likeness (QED) is 0.427. The number of rotatable bonds is 4. The highest BCUT2D eigenvalue weighted by atomic mass is 127. The van der Waals surface area contributed by atoms with Gasteiger partial charge in [-0.3, -0.25) is 4.99 Å². The number of hydrogen-bond donors (Lipinski definition) is 2. The van der Waals surface area contributed by atoms with Gasteiger partial charge in [-0.2, -0.15) is 0 Å². The summed E-state index contributed by atoms with van der Waals surface area (Å²) < 4.78 is 5.86. The molecule has 0 aromatic carbocycles. The second-order valence-electron chi connectivity index (χ2n) is 5.91. The van der Waals surface area contributed by atoms with Crippen LogP contribution in [0, 0.1) is 0 Å². The summed E-state index contributed by atoms with van der Waals surface area (Å²) in [6.45, 7) is 4.61. The zero-order valence-electron chi connectivity index (χ0n) is 12.3. The Balaban J connectivity index is 0.00000147. The third-order valence-electron chi connectivity index (χ3n) is 4.57. The van der Waals surface area contributed by atoms with Gasteiger partial charge in [-0.1, -0.05) is 0 Å². The molecule has 0 saturated carbocycles. The van der Waals surface area contributed by atoms with Crippen molar-refractivity contribution < 1.29 is 4.74 Å². The number of hydrogen-bond acceptors (Lipinski definition) is 3. The molecule has 0 aromatic rings. The van der Waals surface area contributed by atoms with Crippen LogP contribution in [-0.4, -0.2) is 62.3 Å². The molecule has 0 aliphatic carbocycles. The Bertz CT molecular complexity index is 333. The number of guanidine groups is 1. The molecule has 0 amide bonds. The second-order valence-corrected chi connectivity index (χ2v) is 5.91. The maximum Gasteiger partial charge on any atom is 0.191 e. The number of fused-ring (bicyclic) bond motifs is 2. The molecule has 0 spiro atoms. The summed E-state index contributed by atoms with van der Waals surface area (Å²) in [4.78, 5) is 6.83. The van der Waals surface area contributed by atoms with Crippen LogP contribution in [0.15, 0.2) is 4.99 Å². The average molecular weight is 394 g/mol. The van der Waals surface area contributed by atoms with Gasteiger partial charge in [-0.05, 0) is 45.2 Å². The lowest BCUT2D eigenvalue weighted by Crippen LogP contribution is -2.48. The molecule has 2 bridgehead atoms. The summed E-state index contributed by atoms with van der Waals surface area (Å²) in [5.74, 6) is 0.931. The Hall–Kier alpha value is -0.0800. The predicted octanol–water partition coefficient (Wildman–Crippen LogP) is 1.19. The molecule has 3 fully saturated rings. The zero-order chi connectivity index (χ0) is 13.1. The van der Waals surface area contributed by atoms with E-state index >= 15 is 0 Å². The van der Waals surface area contributed by atoms with Crippen molar-refractivity contribution in [1.29, 1.82) is 0 Å². The SMILES string of the molecule is CN=C(NCCN1CCCC1)NC1CC2CCC1O2.I. The van der Waals surface area contributed by atoms with E-state index in [1.54, 1.807) is 0 Å². The summed E-state index contributed by atoms with van der Waals surface area (Å²) in [5, 5.41) is 6.94. The van der Waals surface area contributed by atoms with E-state index in [2.05, 4.69) is 20.5 Å². The van der Waals surface area contributed by atoms with Gasteiger partial charge in [0.15, 0.2) is 5.96 Å². The van der Waals surface area contributed by atoms with Crippen LogP contribution in [-0.2, 0) is 4.74 Å². The van der Waals surface area contributed by atoms with Crippen molar-refractivity contribution in [2.45, 2.75) is 50.4 Å². The van der Waals surface area contributed by atoms with Crippen molar-refractivity contribution >= 4 is 29.9 Å².